The Kier molecular flexibility index (Phi) is 7.01. The molecule has 0 aliphatic heterocycles. The van der Waals surface area contributed by atoms with Crippen LogP contribution < -0.4 is 5.32 Å². The van der Waals surface area contributed by atoms with E-state index in [2.05, 4.69) is 22.1 Å². The summed E-state index contributed by atoms with van der Waals surface area (Å²) in [6.45, 7) is 5.35. The summed E-state index contributed by atoms with van der Waals surface area (Å²) in [5.74, 6) is 0.886. The molecule has 1 rings (SSSR count). The highest BCUT2D eigenvalue weighted by molar-refractivity contribution is 6.31. The fraction of sp³-hybridized carbons (Fsp3) is 0.615. The Morgan fingerprint density at radius 3 is 2.89 bits per heavy atom. The number of ether oxygens (including phenoxy) is 1. The summed E-state index contributed by atoms with van der Waals surface area (Å²) >= 11 is 6.16. The second kappa shape index (κ2) is 8.29. The highest BCUT2D eigenvalue weighted by Gasteiger charge is 2.07. The van der Waals surface area contributed by atoms with E-state index in [9.17, 15) is 0 Å². The van der Waals surface area contributed by atoms with Crippen molar-refractivity contribution in [2.24, 2.45) is 0 Å². The predicted octanol–water partition coefficient (Wildman–Crippen LogP) is 2.64. The fourth-order valence-corrected chi connectivity index (χ4v) is 1.69. The quantitative estimate of drug-likeness (QED) is 0.789. The molecule has 4 nitrogen and oxygen atoms in total. The molecular weight excluding hydrogens is 250 g/mol. The number of rotatable bonds is 8. The van der Waals surface area contributed by atoms with Crippen molar-refractivity contribution in [3.05, 3.63) is 22.8 Å². The average molecular weight is 272 g/mol. The number of hydrogen-bond acceptors (Lipinski definition) is 4. The van der Waals surface area contributed by atoms with E-state index >= 15 is 0 Å². The number of methoxy groups -OCH3 is 1. The Morgan fingerprint density at radius 2 is 2.22 bits per heavy atom. The third-order valence-corrected chi connectivity index (χ3v) is 2.92. The monoisotopic (exact) mass is 271 g/mol. The first kappa shape index (κ1) is 15.2. The number of halogens is 1. The molecule has 0 amide bonds. The molecule has 0 spiro atoms. The number of pyridine rings is 1. The number of nitrogens with zero attached hydrogens (tertiary/aromatic N) is 2. The molecule has 0 aliphatic carbocycles. The van der Waals surface area contributed by atoms with Gasteiger partial charge in [-0.15, -0.1) is 0 Å². The first-order valence-electron chi connectivity index (χ1n) is 6.24. The van der Waals surface area contributed by atoms with E-state index in [4.69, 9.17) is 16.3 Å². The molecule has 5 heteroatoms. The van der Waals surface area contributed by atoms with Gasteiger partial charge in [-0.2, -0.15) is 0 Å². The van der Waals surface area contributed by atoms with Crippen LogP contribution in [0.15, 0.2) is 12.1 Å². The third-order valence-electron chi connectivity index (χ3n) is 2.57. The van der Waals surface area contributed by atoms with Crippen molar-refractivity contribution in [3.8, 4) is 0 Å². The molecule has 0 radical (unpaired) electrons. The summed E-state index contributed by atoms with van der Waals surface area (Å²) in [6.07, 6.45) is 1.08. The predicted molar refractivity (Wildman–Crippen MR) is 76.2 cm³/mol. The Balaban J connectivity index is 2.62. The maximum absolute atomic E-state index is 6.16. The number of nitrogens with one attached hydrogen (secondary N) is 1. The zero-order chi connectivity index (χ0) is 13.4. The minimum absolute atomic E-state index is 0.710. The van der Waals surface area contributed by atoms with Crippen molar-refractivity contribution in [1.82, 2.24) is 9.88 Å². The zero-order valence-corrected chi connectivity index (χ0v) is 12.1. The highest BCUT2D eigenvalue weighted by Crippen LogP contribution is 2.18. The van der Waals surface area contributed by atoms with E-state index in [0.717, 1.165) is 37.6 Å². The van der Waals surface area contributed by atoms with E-state index in [-0.39, 0.29) is 0 Å². The van der Waals surface area contributed by atoms with Crippen molar-refractivity contribution >= 4 is 17.4 Å². The minimum Gasteiger partial charge on any atom is -0.383 e. The summed E-state index contributed by atoms with van der Waals surface area (Å²) in [7, 11) is 3.73. The summed E-state index contributed by atoms with van der Waals surface area (Å²) in [5, 5.41) is 3.97. The second-order valence-electron chi connectivity index (χ2n) is 4.28. The smallest absolute Gasteiger partial charge is 0.126 e. The van der Waals surface area contributed by atoms with Gasteiger partial charge in [-0.05, 0) is 25.6 Å². The molecule has 0 atom stereocenters. The molecule has 102 valence electrons. The normalized spacial score (nSPS) is 10.9. The van der Waals surface area contributed by atoms with Crippen molar-refractivity contribution in [1.29, 1.82) is 0 Å². The Morgan fingerprint density at radius 1 is 1.44 bits per heavy atom. The van der Waals surface area contributed by atoms with Gasteiger partial charge in [0.2, 0.25) is 0 Å². The van der Waals surface area contributed by atoms with Crippen molar-refractivity contribution in [3.63, 3.8) is 0 Å². The van der Waals surface area contributed by atoms with E-state index in [0.29, 0.717) is 11.6 Å². The van der Waals surface area contributed by atoms with E-state index in [1.165, 1.54) is 0 Å². The molecule has 0 aromatic carbocycles. The van der Waals surface area contributed by atoms with Gasteiger partial charge in [-0.25, -0.2) is 4.98 Å². The number of hydrogen-bond donors (Lipinski definition) is 1. The second-order valence-corrected chi connectivity index (χ2v) is 4.69. The van der Waals surface area contributed by atoms with E-state index < -0.39 is 0 Å². The van der Waals surface area contributed by atoms with Crippen LogP contribution in [0.2, 0.25) is 5.02 Å². The maximum atomic E-state index is 6.16. The molecule has 1 N–H and O–H groups in total. The molecular formula is C13H22ClN3O. The van der Waals surface area contributed by atoms with Crippen LogP contribution >= 0.6 is 11.6 Å². The van der Waals surface area contributed by atoms with Gasteiger partial charge < -0.3 is 10.1 Å². The summed E-state index contributed by atoms with van der Waals surface area (Å²) in [5.41, 5.74) is 0.899. The maximum Gasteiger partial charge on any atom is 0.126 e. The van der Waals surface area contributed by atoms with Gasteiger partial charge in [-0.1, -0.05) is 18.5 Å². The van der Waals surface area contributed by atoms with Crippen molar-refractivity contribution < 1.29 is 4.74 Å². The first-order valence-corrected chi connectivity index (χ1v) is 6.62. The molecule has 1 aromatic heterocycles. The van der Waals surface area contributed by atoms with E-state index in [1.807, 2.05) is 19.2 Å². The third kappa shape index (κ3) is 5.21. The van der Waals surface area contributed by atoms with Crippen LogP contribution in [0.5, 0.6) is 0 Å². The number of likely N-dealkylation sites (N-methyl/N-ethyl adjacent to an activating group) is 1. The lowest BCUT2D eigenvalue weighted by Gasteiger charge is -2.17. The van der Waals surface area contributed by atoms with Gasteiger partial charge in [-0.3, -0.25) is 4.90 Å². The van der Waals surface area contributed by atoms with Crippen LogP contribution in [0.1, 0.15) is 19.0 Å². The topological polar surface area (TPSA) is 37.4 Å². The molecule has 0 aliphatic rings. The standard InChI is InChI=1S/C13H22ClN3O/c1-4-7-15-13-6-5-11(14)12(16-13)10-17(2)8-9-18-3/h5-6H,4,7-10H2,1-3H3,(H,15,16). The van der Waals surface area contributed by atoms with Crippen LogP contribution in [0, 0.1) is 0 Å². The highest BCUT2D eigenvalue weighted by atomic mass is 35.5. The van der Waals surface area contributed by atoms with Crippen molar-refractivity contribution in [2.75, 3.05) is 39.2 Å². The van der Waals surface area contributed by atoms with Gasteiger partial charge >= 0.3 is 0 Å². The molecule has 0 saturated heterocycles. The average Bonchev–Trinajstić information content (AvgIpc) is 2.37. The van der Waals surface area contributed by atoms with Crippen LogP contribution in [0.3, 0.4) is 0 Å². The summed E-state index contributed by atoms with van der Waals surface area (Å²) in [6, 6.07) is 3.81. The summed E-state index contributed by atoms with van der Waals surface area (Å²) < 4.78 is 5.05. The lowest BCUT2D eigenvalue weighted by atomic mass is 10.3. The molecule has 0 bridgehead atoms. The molecule has 0 saturated carbocycles. The van der Waals surface area contributed by atoms with Gasteiger partial charge in [0.15, 0.2) is 0 Å². The Bertz CT molecular complexity index is 360. The van der Waals surface area contributed by atoms with Gasteiger partial charge in [0.05, 0.1) is 17.3 Å². The van der Waals surface area contributed by atoms with Crippen LogP contribution in [0.4, 0.5) is 5.82 Å². The van der Waals surface area contributed by atoms with Gasteiger partial charge in [0, 0.05) is 26.7 Å². The van der Waals surface area contributed by atoms with Gasteiger partial charge in [0.25, 0.3) is 0 Å². The largest absolute Gasteiger partial charge is 0.383 e. The first-order chi connectivity index (χ1) is 8.67. The van der Waals surface area contributed by atoms with Crippen LogP contribution in [-0.2, 0) is 11.3 Å². The van der Waals surface area contributed by atoms with Crippen LogP contribution in [0.25, 0.3) is 0 Å². The number of aromatic nitrogens is 1. The SMILES string of the molecule is CCCNc1ccc(Cl)c(CN(C)CCOC)n1. The van der Waals surface area contributed by atoms with Gasteiger partial charge in [0.1, 0.15) is 5.82 Å². The molecule has 0 unspecified atom stereocenters. The Labute approximate surface area is 114 Å². The molecule has 18 heavy (non-hydrogen) atoms. The molecule has 1 aromatic rings. The summed E-state index contributed by atoms with van der Waals surface area (Å²) in [4.78, 5) is 6.67. The zero-order valence-electron chi connectivity index (χ0n) is 11.4. The van der Waals surface area contributed by atoms with E-state index in [1.54, 1.807) is 7.11 Å². The van der Waals surface area contributed by atoms with Crippen LogP contribution in [-0.4, -0.2) is 43.7 Å². The minimum atomic E-state index is 0.710. The lowest BCUT2D eigenvalue weighted by molar-refractivity contribution is 0.158. The molecule has 0 fully saturated rings. The number of anilines is 1. The molecule has 1 heterocycles. The fourth-order valence-electron chi connectivity index (χ4n) is 1.53. The van der Waals surface area contributed by atoms with Crippen molar-refractivity contribution in [2.45, 2.75) is 19.9 Å². The Hall–Kier alpha value is -0.840. The lowest BCUT2D eigenvalue weighted by Crippen LogP contribution is -2.23.